The lowest BCUT2D eigenvalue weighted by molar-refractivity contribution is -0.167. The van der Waals surface area contributed by atoms with Crippen LogP contribution in [0.5, 0.6) is 0 Å². The van der Waals surface area contributed by atoms with Crippen LogP contribution in [0.3, 0.4) is 0 Å². The van der Waals surface area contributed by atoms with Crippen molar-refractivity contribution >= 4 is 17.9 Å². The van der Waals surface area contributed by atoms with Crippen molar-refractivity contribution in [3.8, 4) is 0 Å². The van der Waals surface area contributed by atoms with Gasteiger partial charge in [0.1, 0.15) is 13.2 Å². The van der Waals surface area contributed by atoms with Crippen LogP contribution in [0.25, 0.3) is 0 Å². The third-order valence-corrected chi connectivity index (χ3v) is 10.5. The lowest BCUT2D eigenvalue weighted by atomic mass is 10.0. The fraction of sp³-hybridized carbons (Fsp3) is 0.896. The molecule has 0 spiro atoms. The van der Waals surface area contributed by atoms with Crippen LogP contribution in [0.2, 0.25) is 0 Å². The first kappa shape index (κ1) is 52.2. The van der Waals surface area contributed by atoms with Crippen LogP contribution in [0.15, 0.2) is 12.2 Å². The van der Waals surface area contributed by atoms with E-state index >= 15 is 0 Å². The fourth-order valence-corrected chi connectivity index (χ4v) is 6.91. The van der Waals surface area contributed by atoms with Crippen LogP contribution in [-0.2, 0) is 28.6 Å². The number of allylic oxidation sites excluding steroid dienone is 2. The first-order chi connectivity index (χ1) is 26.5. The molecule has 6 heteroatoms. The zero-order valence-corrected chi connectivity index (χ0v) is 36.3. The minimum absolute atomic E-state index is 0.0675. The van der Waals surface area contributed by atoms with Crippen molar-refractivity contribution < 1.29 is 28.6 Å². The molecule has 0 amide bonds. The smallest absolute Gasteiger partial charge is 0.306 e. The summed E-state index contributed by atoms with van der Waals surface area (Å²) in [6.45, 7) is 6.54. The lowest BCUT2D eigenvalue weighted by Crippen LogP contribution is -2.30. The van der Waals surface area contributed by atoms with Crippen molar-refractivity contribution in [3.63, 3.8) is 0 Å². The van der Waals surface area contributed by atoms with Crippen LogP contribution < -0.4 is 0 Å². The third-order valence-electron chi connectivity index (χ3n) is 10.5. The van der Waals surface area contributed by atoms with Gasteiger partial charge in [-0.15, -0.1) is 0 Å². The molecule has 0 aromatic rings. The average Bonchev–Trinajstić information content (AvgIpc) is 3.17. The van der Waals surface area contributed by atoms with Crippen molar-refractivity contribution in [3.05, 3.63) is 12.2 Å². The van der Waals surface area contributed by atoms with E-state index in [2.05, 4.69) is 32.9 Å². The molecule has 0 bridgehead atoms. The van der Waals surface area contributed by atoms with Crippen molar-refractivity contribution in [2.75, 3.05) is 13.2 Å². The van der Waals surface area contributed by atoms with Crippen molar-refractivity contribution in [1.82, 2.24) is 0 Å². The van der Waals surface area contributed by atoms with Gasteiger partial charge < -0.3 is 14.2 Å². The van der Waals surface area contributed by atoms with Gasteiger partial charge in [0.2, 0.25) is 0 Å². The zero-order chi connectivity index (χ0) is 39.4. The quantitative estimate of drug-likeness (QED) is 0.0266. The SMILES string of the molecule is CCCCCCCCCC/C=C\CCCCCCCCCCCCCC(=O)OCC(COC(=O)CCCCCCCC)OC(=O)CCCCCCCCC. The summed E-state index contributed by atoms with van der Waals surface area (Å²) in [5.74, 6) is -0.878. The highest BCUT2D eigenvalue weighted by atomic mass is 16.6. The largest absolute Gasteiger partial charge is 0.462 e. The van der Waals surface area contributed by atoms with E-state index < -0.39 is 6.10 Å². The summed E-state index contributed by atoms with van der Waals surface area (Å²) in [6.07, 6.45) is 46.7. The van der Waals surface area contributed by atoms with Gasteiger partial charge >= 0.3 is 17.9 Å². The Hall–Kier alpha value is -1.85. The number of hydrogen-bond acceptors (Lipinski definition) is 6. The van der Waals surface area contributed by atoms with Gasteiger partial charge in [-0.2, -0.15) is 0 Å². The molecule has 0 aromatic heterocycles. The minimum Gasteiger partial charge on any atom is -0.462 e. The molecule has 0 fully saturated rings. The molecule has 1 atom stereocenters. The van der Waals surface area contributed by atoms with Crippen LogP contribution in [0.4, 0.5) is 0 Å². The lowest BCUT2D eigenvalue weighted by Gasteiger charge is -2.18. The average molecular weight is 763 g/mol. The maximum absolute atomic E-state index is 12.6. The van der Waals surface area contributed by atoms with E-state index in [1.165, 1.54) is 161 Å². The van der Waals surface area contributed by atoms with Crippen LogP contribution in [-0.4, -0.2) is 37.2 Å². The molecule has 0 rings (SSSR count). The predicted molar refractivity (Wildman–Crippen MR) is 229 cm³/mol. The fourth-order valence-electron chi connectivity index (χ4n) is 6.91. The summed E-state index contributed by atoms with van der Waals surface area (Å²) in [5.41, 5.74) is 0. The Morgan fingerprint density at radius 3 is 0.926 bits per heavy atom. The molecule has 0 saturated carbocycles. The van der Waals surface area contributed by atoms with Gasteiger partial charge in [-0.3, -0.25) is 14.4 Å². The van der Waals surface area contributed by atoms with Gasteiger partial charge in [0, 0.05) is 19.3 Å². The molecular formula is C48H90O6. The van der Waals surface area contributed by atoms with Crippen LogP contribution in [0.1, 0.15) is 258 Å². The van der Waals surface area contributed by atoms with Crippen molar-refractivity contribution in [1.29, 1.82) is 0 Å². The van der Waals surface area contributed by atoms with Gasteiger partial charge in [0.25, 0.3) is 0 Å². The Kier molecular flexibility index (Phi) is 42.4. The standard InChI is InChI=1S/C48H90O6/c1-4-7-10-13-16-17-18-19-20-21-22-23-24-25-26-27-28-29-30-31-33-35-38-41-47(50)53-44-45(43-52-46(49)40-37-34-15-12-9-6-3)54-48(51)42-39-36-32-14-11-8-5-2/h21-22,45H,4-20,23-44H2,1-3H3/b22-21-. The van der Waals surface area contributed by atoms with Gasteiger partial charge in [0.05, 0.1) is 0 Å². The van der Waals surface area contributed by atoms with E-state index in [1.54, 1.807) is 0 Å². The Morgan fingerprint density at radius 1 is 0.352 bits per heavy atom. The van der Waals surface area contributed by atoms with Gasteiger partial charge in [0.15, 0.2) is 6.10 Å². The highest BCUT2D eigenvalue weighted by molar-refractivity contribution is 5.71. The first-order valence-electron chi connectivity index (χ1n) is 23.7. The molecule has 0 aliphatic rings. The number of hydrogen-bond donors (Lipinski definition) is 0. The van der Waals surface area contributed by atoms with Crippen molar-refractivity contribution in [2.24, 2.45) is 0 Å². The van der Waals surface area contributed by atoms with Crippen LogP contribution in [0, 0.1) is 0 Å². The summed E-state index contributed by atoms with van der Waals surface area (Å²) in [5, 5.41) is 0. The Morgan fingerprint density at radius 2 is 0.611 bits per heavy atom. The van der Waals surface area contributed by atoms with E-state index in [-0.39, 0.29) is 31.1 Å². The summed E-state index contributed by atoms with van der Waals surface area (Å²) < 4.78 is 16.6. The van der Waals surface area contributed by atoms with E-state index in [0.29, 0.717) is 19.3 Å². The first-order valence-corrected chi connectivity index (χ1v) is 23.7. The molecule has 318 valence electrons. The number of carbonyl (C=O) groups excluding carboxylic acids is 3. The molecule has 0 heterocycles. The van der Waals surface area contributed by atoms with E-state index in [9.17, 15) is 14.4 Å². The second-order valence-corrected chi connectivity index (χ2v) is 16.0. The molecule has 54 heavy (non-hydrogen) atoms. The Bertz CT molecular complexity index is 839. The maximum atomic E-state index is 12.6. The van der Waals surface area contributed by atoms with Gasteiger partial charge in [-0.05, 0) is 44.9 Å². The topological polar surface area (TPSA) is 78.9 Å². The number of carbonyl (C=O) groups is 3. The highest BCUT2D eigenvalue weighted by Crippen LogP contribution is 2.15. The summed E-state index contributed by atoms with van der Waals surface area (Å²) >= 11 is 0. The molecule has 0 radical (unpaired) electrons. The summed E-state index contributed by atoms with van der Waals surface area (Å²) in [4.78, 5) is 37.4. The molecule has 0 aliphatic heterocycles. The number of ether oxygens (including phenoxy) is 3. The third kappa shape index (κ3) is 41.3. The second kappa shape index (κ2) is 43.9. The molecule has 0 N–H and O–H groups in total. The molecule has 0 saturated heterocycles. The number of esters is 3. The maximum Gasteiger partial charge on any atom is 0.306 e. The second-order valence-electron chi connectivity index (χ2n) is 16.0. The summed E-state index contributed by atoms with van der Waals surface area (Å²) in [7, 11) is 0. The van der Waals surface area contributed by atoms with E-state index in [1.807, 2.05) is 0 Å². The van der Waals surface area contributed by atoms with Gasteiger partial charge in [-0.1, -0.05) is 206 Å². The Labute approximate surface area is 335 Å². The normalized spacial score (nSPS) is 12.0. The molecule has 1 unspecified atom stereocenters. The summed E-state index contributed by atoms with van der Waals surface area (Å²) in [6, 6.07) is 0. The van der Waals surface area contributed by atoms with Gasteiger partial charge in [-0.25, -0.2) is 0 Å². The Balaban J connectivity index is 3.99. The molecule has 6 nitrogen and oxygen atoms in total. The predicted octanol–water partition coefficient (Wildman–Crippen LogP) is 15.0. The molecule has 0 aromatic carbocycles. The van der Waals surface area contributed by atoms with E-state index in [4.69, 9.17) is 14.2 Å². The number of rotatable bonds is 43. The van der Waals surface area contributed by atoms with Crippen molar-refractivity contribution in [2.45, 2.75) is 264 Å². The molecular weight excluding hydrogens is 673 g/mol. The van der Waals surface area contributed by atoms with E-state index in [0.717, 1.165) is 57.8 Å². The minimum atomic E-state index is -0.759. The monoisotopic (exact) mass is 763 g/mol. The molecule has 0 aliphatic carbocycles. The van der Waals surface area contributed by atoms with Crippen LogP contribution >= 0.6 is 0 Å². The highest BCUT2D eigenvalue weighted by Gasteiger charge is 2.19. The number of unbranched alkanes of at least 4 members (excludes halogenated alkanes) is 30. The zero-order valence-electron chi connectivity index (χ0n) is 36.3.